The number of nitrogens with zero attached hydrogens (tertiary/aromatic N) is 5. The molecule has 0 fully saturated rings. The van der Waals surface area contributed by atoms with E-state index < -0.39 is 0 Å². The van der Waals surface area contributed by atoms with Crippen molar-refractivity contribution in [1.29, 1.82) is 0 Å². The molecule has 119 heavy (non-hydrogen) atoms. The van der Waals surface area contributed by atoms with Crippen LogP contribution in [-0.2, 0) is 5.41 Å². The Morgan fingerprint density at radius 1 is 0.202 bits per heavy atom. The second-order valence-electron chi connectivity index (χ2n) is 31.8. The van der Waals surface area contributed by atoms with Crippen LogP contribution in [0.3, 0.4) is 0 Å². The number of aromatic nitrogens is 3. The van der Waals surface area contributed by atoms with E-state index in [2.05, 4.69) is 413 Å². The fourth-order valence-electron chi connectivity index (χ4n) is 19.4. The Hall–Kier alpha value is -15.6. The molecule has 6 heterocycles. The zero-order valence-corrected chi connectivity index (χ0v) is 65.1. The van der Waals surface area contributed by atoms with Gasteiger partial charge in [-0.1, -0.05) is 244 Å². The summed E-state index contributed by atoms with van der Waals surface area (Å²) < 4.78 is 26.3. The molecule has 8 nitrogen and oxygen atoms in total. The van der Waals surface area contributed by atoms with Crippen molar-refractivity contribution in [1.82, 2.24) is 13.7 Å². The number of hydrogen-bond acceptors (Lipinski definition) is 5. The minimum Gasteiger partial charge on any atom is -0.456 e. The van der Waals surface area contributed by atoms with Crippen LogP contribution in [0.15, 0.2) is 420 Å². The van der Waals surface area contributed by atoms with Gasteiger partial charge in [-0.05, 0) is 209 Å². The lowest BCUT2D eigenvalue weighted by Gasteiger charge is -2.28. The van der Waals surface area contributed by atoms with Gasteiger partial charge in [0.15, 0.2) is 0 Å². The molecule has 0 amide bonds. The predicted octanol–water partition coefficient (Wildman–Crippen LogP) is 30.9. The summed E-state index contributed by atoms with van der Waals surface area (Å²) in [6, 6.07) is 146. The Labute approximate surface area is 684 Å². The summed E-state index contributed by atoms with van der Waals surface area (Å²) in [4.78, 5) is 4.74. The number of rotatable bonds is 11. The van der Waals surface area contributed by atoms with Crippen LogP contribution < -0.4 is 9.80 Å². The smallest absolute Gasteiger partial charge is 0.143 e. The second kappa shape index (κ2) is 26.7. The van der Waals surface area contributed by atoms with Gasteiger partial charge in [0, 0.05) is 132 Å². The summed E-state index contributed by atoms with van der Waals surface area (Å²) in [5.41, 5.74) is 31.8. The quantitative estimate of drug-likeness (QED) is 0.129. The van der Waals surface area contributed by atoms with Gasteiger partial charge in [-0.15, -0.1) is 0 Å². The molecular formula is C111H73N5O3. The highest BCUT2D eigenvalue weighted by Crippen LogP contribution is 2.53. The molecule has 1 aliphatic carbocycles. The van der Waals surface area contributed by atoms with E-state index in [-0.39, 0.29) is 5.41 Å². The largest absolute Gasteiger partial charge is 0.456 e. The lowest BCUT2D eigenvalue weighted by molar-refractivity contribution is 0.660. The van der Waals surface area contributed by atoms with Gasteiger partial charge < -0.3 is 36.8 Å². The molecule has 0 atom stereocenters. The van der Waals surface area contributed by atoms with Gasteiger partial charge in [0.25, 0.3) is 0 Å². The molecule has 24 aromatic rings. The maximum absolute atomic E-state index is 6.52. The summed E-state index contributed by atoms with van der Waals surface area (Å²) in [5, 5.41) is 14.3. The van der Waals surface area contributed by atoms with Gasteiger partial charge in [0.1, 0.15) is 33.5 Å². The maximum atomic E-state index is 6.52. The molecule has 0 aliphatic heterocycles. The maximum Gasteiger partial charge on any atom is 0.143 e. The molecule has 6 aromatic heterocycles. The second-order valence-corrected chi connectivity index (χ2v) is 31.8. The molecule has 0 spiro atoms. The van der Waals surface area contributed by atoms with E-state index in [0.29, 0.717) is 0 Å². The van der Waals surface area contributed by atoms with Gasteiger partial charge in [-0.2, -0.15) is 0 Å². The number of hydrogen-bond donors (Lipinski definition) is 0. The van der Waals surface area contributed by atoms with Gasteiger partial charge in [-0.3, -0.25) is 0 Å². The Kier molecular flexibility index (Phi) is 15.2. The van der Waals surface area contributed by atoms with Crippen LogP contribution in [0.4, 0.5) is 34.1 Å². The topological polar surface area (TPSA) is 60.7 Å². The molecular weight excluding hydrogens is 1450 g/mol. The van der Waals surface area contributed by atoms with E-state index in [1.807, 2.05) is 30.3 Å². The summed E-state index contributed by atoms with van der Waals surface area (Å²) in [5.74, 6) is 0. The van der Waals surface area contributed by atoms with E-state index in [1.165, 1.54) is 87.7 Å². The highest BCUT2D eigenvalue weighted by atomic mass is 16.3. The SMILES string of the molecule is CC1(C)c2cc(-c3cccc4c3oc3ccccc34)ccc2-c2ccc(N(c3ccc(-n4c5ccccc5c5ccccc54)cc3)c3ccc(-n4c5ccccc5c5ccccc54)cc3)cc21.c1ccc2c(c1)oc1ccc(N(c3ccc(-c4cccc5c4oc4ccccc45)cc3)c3ccc(-n4c5ccccc5c5ccccc54)cc3)cc12. The van der Waals surface area contributed by atoms with Crippen molar-refractivity contribution in [2.24, 2.45) is 0 Å². The summed E-state index contributed by atoms with van der Waals surface area (Å²) in [7, 11) is 0. The van der Waals surface area contributed by atoms with Gasteiger partial charge in [0.05, 0.1) is 33.1 Å². The highest BCUT2D eigenvalue weighted by Gasteiger charge is 2.37. The van der Waals surface area contributed by atoms with Gasteiger partial charge in [-0.25, -0.2) is 0 Å². The lowest BCUT2D eigenvalue weighted by atomic mass is 9.81. The fourth-order valence-corrected chi connectivity index (χ4v) is 19.4. The standard InChI is InChI=1S/C63H43N3O.C48H30N2O2/c1-63(2)55-38-40(46-19-13-20-54-53-18-7-12-25-61(53)67-62(46)54)26-36-47(55)48-37-35-45(39-56(48)63)64(41-27-31-43(32-28-41)65-57-21-8-3-14-49(57)50-15-4-9-22-58(50)65)42-29-33-44(34-30-42)66-59-23-10-5-16-51(59)52-17-6-11-24-60(52)66;1-5-16-43-37(10-1)38-11-2-6-17-44(38)50(43)34-26-24-33(25-27-34)49(35-28-29-47-42(30-35)40-13-4-7-18-45(40)51-47)32-22-20-31(21-23-32)36-14-9-15-41-39-12-3-8-19-46(39)52-48(36)41/h3-39H,1-2H3;1-30H. The molecule has 18 aromatic carbocycles. The van der Waals surface area contributed by atoms with E-state index in [9.17, 15) is 0 Å². The Bertz CT molecular complexity index is 7890. The number of anilines is 6. The first-order chi connectivity index (χ1) is 58.8. The molecule has 8 heteroatoms. The van der Waals surface area contributed by atoms with Crippen LogP contribution in [0.25, 0.3) is 182 Å². The van der Waals surface area contributed by atoms with Crippen LogP contribution in [0.5, 0.6) is 0 Å². The number of fused-ring (bicyclic) bond motifs is 21. The lowest BCUT2D eigenvalue weighted by Crippen LogP contribution is -2.16. The molecule has 1 aliphatic rings. The number of furan rings is 3. The van der Waals surface area contributed by atoms with Crippen LogP contribution >= 0.6 is 0 Å². The van der Waals surface area contributed by atoms with E-state index in [1.54, 1.807) is 0 Å². The number of benzene rings is 18. The molecule has 0 saturated carbocycles. The molecule has 25 rings (SSSR count). The minimum atomic E-state index is -0.259. The number of para-hydroxylation sites is 11. The van der Waals surface area contributed by atoms with E-state index in [0.717, 1.165) is 139 Å². The van der Waals surface area contributed by atoms with E-state index >= 15 is 0 Å². The van der Waals surface area contributed by atoms with Crippen molar-refractivity contribution in [2.75, 3.05) is 9.80 Å². The molecule has 0 N–H and O–H groups in total. The average Bonchev–Trinajstić information content (AvgIpc) is 1.58. The summed E-state index contributed by atoms with van der Waals surface area (Å²) in [6.45, 7) is 4.75. The molecule has 0 radical (unpaired) electrons. The van der Waals surface area contributed by atoms with Crippen molar-refractivity contribution >= 4 is 165 Å². The van der Waals surface area contributed by atoms with Crippen molar-refractivity contribution in [2.45, 2.75) is 19.3 Å². The van der Waals surface area contributed by atoms with Crippen LogP contribution in [-0.4, -0.2) is 13.7 Å². The van der Waals surface area contributed by atoms with Crippen LogP contribution in [0, 0.1) is 0 Å². The molecule has 0 saturated heterocycles. The predicted molar refractivity (Wildman–Crippen MR) is 496 cm³/mol. The molecule has 0 unspecified atom stereocenters. The first kappa shape index (κ1) is 67.8. The van der Waals surface area contributed by atoms with Crippen molar-refractivity contribution < 1.29 is 13.3 Å². The van der Waals surface area contributed by atoms with Crippen molar-refractivity contribution in [3.63, 3.8) is 0 Å². The zero-order valence-electron chi connectivity index (χ0n) is 65.1. The highest BCUT2D eigenvalue weighted by molar-refractivity contribution is 6.15. The zero-order chi connectivity index (χ0) is 78.6. The average molecular weight is 1520 g/mol. The minimum absolute atomic E-state index is 0.259. The summed E-state index contributed by atoms with van der Waals surface area (Å²) >= 11 is 0. The molecule has 560 valence electrons. The monoisotopic (exact) mass is 1520 g/mol. The Morgan fingerprint density at radius 2 is 0.487 bits per heavy atom. The first-order valence-electron chi connectivity index (χ1n) is 40.8. The Balaban J connectivity index is 0.000000140. The van der Waals surface area contributed by atoms with E-state index in [4.69, 9.17) is 13.3 Å². The van der Waals surface area contributed by atoms with Crippen molar-refractivity contribution in [3.05, 3.63) is 418 Å². The normalized spacial score (nSPS) is 12.5. The summed E-state index contributed by atoms with van der Waals surface area (Å²) in [6.07, 6.45) is 0. The van der Waals surface area contributed by atoms with Crippen LogP contribution in [0.2, 0.25) is 0 Å². The van der Waals surface area contributed by atoms with Gasteiger partial charge >= 0.3 is 0 Å². The third-order valence-electron chi connectivity index (χ3n) is 24.9. The molecule has 0 bridgehead atoms. The van der Waals surface area contributed by atoms with Crippen molar-refractivity contribution in [3.8, 4) is 50.4 Å². The first-order valence-corrected chi connectivity index (χ1v) is 40.8. The van der Waals surface area contributed by atoms with Gasteiger partial charge in [0.2, 0.25) is 0 Å². The third kappa shape index (κ3) is 10.7. The van der Waals surface area contributed by atoms with Crippen LogP contribution in [0.1, 0.15) is 25.0 Å². The third-order valence-corrected chi connectivity index (χ3v) is 24.9. The fraction of sp³-hybridized carbons (Fsp3) is 0.0270. The Morgan fingerprint density at radius 3 is 0.899 bits per heavy atom.